The third kappa shape index (κ3) is 5.45. The largest absolute Gasteiger partial charge is 0.443 e. The molecule has 4 aliphatic heterocycles. The molecule has 9 fully saturated rings. The molecule has 2 spiro atoms. The van der Waals surface area contributed by atoms with Crippen LogP contribution in [0.2, 0.25) is 0 Å². The molecule has 1 amide bonds. The van der Waals surface area contributed by atoms with Crippen LogP contribution in [0.1, 0.15) is 120 Å². The van der Waals surface area contributed by atoms with E-state index < -0.39 is 6.10 Å². The van der Waals surface area contributed by atoms with Gasteiger partial charge < -0.3 is 33.9 Å². The van der Waals surface area contributed by atoms with Gasteiger partial charge in [0.25, 0.3) is 0 Å². The molecule has 306 valence electrons. The smallest absolute Gasteiger partial charge is 0.410 e. The minimum Gasteiger partial charge on any atom is -0.443 e. The van der Waals surface area contributed by atoms with Gasteiger partial charge in [-0.15, -0.1) is 0 Å². The first-order valence-electron chi connectivity index (χ1n) is 22.6. The van der Waals surface area contributed by atoms with Crippen molar-refractivity contribution in [1.29, 1.82) is 0 Å². The van der Waals surface area contributed by atoms with Crippen molar-refractivity contribution in [2.24, 2.45) is 62.6 Å². The molecule has 54 heavy (non-hydrogen) atoms. The molecule has 1 N–H and O–H groups in total. The molecule has 9 nitrogen and oxygen atoms in total. The number of ether oxygens (including phenoxy) is 4. The first-order chi connectivity index (χ1) is 25.6. The van der Waals surface area contributed by atoms with Gasteiger partial charge in [0, 0.05) is 57.3 Å². The van der Waals surface area contributed by atoms with Crippen LogP contribution in [-0.4, -0.2) is 121 Å². The van der Waals surface area contributed by atoms with Gasteiger partial charge in [-0.05, 0) is 129 Å². The van der Waals surface area contributed by atoms with Crippen molar-refractivity contribution in [3.8, 4) is 0 Å². The number of likely N-dealkylation sites (tertiary alicyclic amines) is 2. The fraction of sp³-hybridized carbons (Fsp3) is 0.978. The van der Waals surface area contributed by atoms with Crippen LogP contribution in [0.4, 0.5) is 4.79 Å². The molecule has 9 aliphatic rings. The summed E-state index contributed by atoms with van der Waals surface area (Å²) in [6, 6.07) is 0.648. The van der Waals surface area contributed by atoms with Crippen molar-refractivity contribution in [2.75, 3.05) is 52.4 Å². The van der Waals surface area contributed by atoms with Gasteiger partial charge in [0.1, 0.15) is 6.10 Å². The maximum atomic E-state index is 13.0. The van der Waals surface area contributed by atoms with Crippen molar-refractivity contribution < 1.29 is 28.8 Å². The van der Waals surface area contributed by atoms with Crippen LogP contribution in [-0.2, 0) is 18.9 Å². The van der Waals surface area contributed by atoms with Gasteiger partial charge in [0.2, 0.25) is 0 Å². The second-order valence-corrected chi connectivity index (χ2v) is 22.1. The molecule has 0 bridgehead atoms. The maximum absolute atomic E-state index is 13.0. The van der Waals surface area contributed by atoms with Crippen molar-refractivity contribution in [1.82, 2.24) is 14.7 Å². The van der Waals surface area contributed by atoms with Crippen LogP contribution >= 0.6 is 0 Å². The molecule has 1 unspecified atom stereocenters. The van der Waals surface area contributed by atoms with E-state index in [9.17, 15) is 9.90 Å². The number of carbonyl (C=O) groups excluding carboxylic acids is 1. The third-order valence-corrected chi connectivity index (χ3v) is 18.8. The lowest BCUT2D eigenvalue weighted by Gasteiger charge is -2.64. The summed E-state index contributed by atoms with van der Waals surface area (Å²) in [6.07, 6.45) is 9.15. The zero-order valence-corrected chi connectivity index (χ0v) is 35.4. The summed E-state index contributed by atoms with van der Waals surface area (Å²) in [4.78, 5) is 20.0. The van der Waals surface area contributed by atoms with E-state index in [1.807, 2.05) is 4.90 Å². The molecule has 0 aromatic heterocycles. The van der Waals surface area contributed by atoms with E-state index in [0.29, 0.717) is 40.5 Å². The van der Waals surface area contributed by atoms with Crippen LogP contribution in [0.25, 0.3) is 0 Å². The molecule has 4 heterocycles. The number of nitrogens with zero attached hydrogens (tertiary/aromatic N) is 3. The normalized spacial score (nSPS) is 49.2. The Bertz CT molecular complexity index is 1430. The van der Waals surface area contributed by atoms with Crippen molar-refractivity contribution >= 4 is 6.09 Å². The van der Waals surface area contributed by atoms with E-state index in [0.717, 1.165) is 64.5 Å². The average molecular weight is 754 g/mol. The van der Waals surface area contributed by atoms with Crippen molar-refractivity contribution in [3.05, 3.63) is 0 Å². The minimum absolute atomic E-state index is 0.0161. The Balaban J connectivity index is 0.891. The second kappa shape index (κ2) is 13.3. The van der Waals surface area contributed by atoms with Gasteiger partial charge in [0.15, 0.2) is 6.29 Å². The summed E-state index contributed by atoms with van der Waals surface area (Å²) in [5, 5.41) is 12.8. The van der Waals surface area contributed by atoms with E-state index in [4.69, 9.17) is 18.9 Å². The van der Waals surface area contributed by atoms with E-state index in [2.05, 4.69) is 72.1 Å². The highest BCUT2D eigenvalue weighted by Gasteiger charge is 2.84. The van der Waals surface area contributed by atoms with E-state index in [-0.39, 0.29) is 59.0 Å². The number of morpholine rings is 1. The number of aliphatic hydroxyl groups is 1. The molecular formula is C45H75N3O6. The fourth-order valence-corrected chi connectivity index (χ4v) is 15.7. The summed E-state index contributed by atoms with van der Waals surface area (Å²) in [7, 11) is 0. The number of hydrogen-bond acceptors (Lipinski definition) is 8. The van der Waals surface area contributed by atoms with Crippen LogP contribution in [0.3, 0.4) is 0 Å². The Labute approximate surface area is 326 Å². The van der Waals surface area contributed by atoms with Crippen LogP contribution in [0, 0.1) is 62.6 Å². The highest BCUT2D eigenvalue weighted by molar-refractivity contribution is 5.68. The molecular weight excluding hydrogens is 679 g/mol. The summed E-state index contributed by atoms with van der Waals surface area (Å²) < 4.78 is 26.7. The van der Waals surface area contributed by atoms with Crippen LogP contribution in [0.5, 0.6) is 0 Å². The summed E-state index contributed by atoms with van der Waals surface area (Å²) in [5.41, 5.74) is 0.553. The van der Waals surface area contributed by atoms with Gasteiger partial charge in [-0.2, -0.15) is 0 Å². The lowest BCUT2D eigenvalue weighted by Crippen LogP contribution is -2.60. The Kier molecular flexibility index (Phi) is 9.47. The molecule has 5 saturated carbocycles. The fourth-order valence-electron chi connectivity index (χ4n) is 15.7. The van der Waals surface area contributed by atoms with Gasteiger partial charge >= 0.3 is 6.09 Å². The Morgan fingerprint density at radius 1 is 0.926 bits per heavy atom. The first kappa shape index (κ1) is 38.5. The second-order valence-electron chi connectivity index (χ2n) is 22.1. The Morgan fingerprint density at radius 3 is 2.33 bits per heavy atom. The highest BCUT2D eigenvalue weighted by Crippen LogP contribution is 2.89. The third-order valence-electron chi connectivity index (χ3n) is 18.8. The number of aliphatic hydroxyl groups excluding tert-OH is 1. The Morgan fingerprint density at radius 2 is 1.65 bits per heavy atom. The number of carbonyl (C=O) groups is 1. The molecule has 14 atom stereocenters. The van der Waals surface area contributed by atoms with Crippen molar-refractivity contribution in [3.63, 3.8) is 0 Å². The van der Waals surface area contributed by atoms with Crippen molar-refractivity contribution in [2.45, 2.75) is 163 Å². The molecule has 0 aromatic carbocycles. The molecule has 9 heteroatoms. The first-order valence-corrected chi connectivity index (χ1v) is 22.6. The predicted octanol–water partition coefficient (Wildman–Crippen LogP) is 7.05. The molecule has 0 aromatic rings. The van der Waals surface area contributed by atoms with E-state index in [1.54, 1.807) is 0 Å². The monoisotopic (exact) mass is 754 g/mol. The number of hydrogen-bond donors (Lipinski definition) is 1. The summed E-state index contributed by atoms with van der Waals surface area (Å²) in [5.74, 6) is 2.76. The zero-order chi connectivity index (χ0) is 38.2. The summed E-state index contributed by atoms with van der Waals surface area (Å²) in [6.45, 7) is 29.2. The minimum atomic E-state index is -0.513. The number of amides is 1. The van der Waals surface area contributed by atoms with Gasteiger partial charge in [-0.3, -0.25) is 4.90 Å². The standard InChI is InChI=1S/C45H75N3O6/c1-27(2)37(54-40(50)47-17-10-18-47)31-21-29(5)36-38(52-31)39(49)43(9)33-12-11-32-41(6,7)34(13-14-44(32)26-45(33,44)16-15-42(36,43)8)53-35-25-46(19-20-51-35)22-30-23-48(24-30)28(3)4/h27-39,49H,10-26H2,1-9H3/t29-,31-,32+,33+,34?,35+,36+,37-,38+,39+,42-,43-,44-,45+/m1/s1. The van der Waals surface area contributed by atoms with Gasteiger partial charge in [-0.25, -0.2) is 4.79 Å². The summed E-state index contributed by atoms with van der Waals surface area (Å²) >= 11 is 0. The van der Waals surface area contributed by atoms with E-state index >= 15 is 0 Å². The number of rotatable bonds is 8. The van der Waals surface area contributed by atoms with Gasteiger partial charge in [0.05, 0.1) is 31.0 Å². The molecule has 9 rings (SSSR count). The lowest BCUT2D eigenvalue weighted by molar-refractivity contribution is -0.249. The van der Waals surface area contributed by atoms with Gasteiger partial charge in [-0.1, -0.05) is 48.5 Å². The zero-order valence-electron chi connectivity index (χ0n) is 35.4. The topological polar surface area (TPSA) is 83.9 Å². The Hall–Kier alpha value is -0.970. The van der Waals surface area contributed by atoms with Crippen LogP contribution < -0.4 is 0 Å². The predicted molar refractivity (Wildman–Crippen MR) is 209 cm³/mol. The van der Waals surface area contributed by atoms with E-state index in [1.165, 1.54) is 51.6 Å². The molecule has 5 aliphatic carbocycles. The maximum Gasteiger partial charge on any atom is 0.410 e. The lowest BCUT2D eigenvalue weighted by atomic mass is 9.41. The number of fused-ring (bicyclic) bond motifs is 4. The highest BCUT2D eigenvalue weighted by atomic mass is 16.7. The SMILES string of the molecule is CC(C)[C@@H](OC(=O)N1CCC1)[C@H]1C[C@@H](C)[C@H]2[C@H](O1)[C@H](O)[C@@]1(C)[C@@H]3CC[C@H]4C(C)(C)C(O[C@H]5CN(CC6CN(C(C)C)C6)CCO5)CC[C@@]45C[C@@]35CC[C@]21C. The molecule has 4 saturated heterocycles. The van der Waals surface area contributed by atoms with Crippen LogP contribution in [0.15, 0.2) is 0 Å². The quantitative estimate of drug-likeness (QED) is 0.283. The molecule has 0 radical (unpaired) electrons. The average Bonchev–Trinajstić information content (AvgIpc) is 3.70.